The van der Waals surface area contributed by atoms with E-state index in [1.165, 1.54) is 12.1 Å². The summed E-state index contributed by atoms with van der Waals surface area (Å²) in [4.78, 5) is 0. The molecule has 72 valence electrons. The van der Waals surface area contributed by atoms with E-state index in [4.69, 9.17) is 5.11 Å². The van der Waals surface area contributed by atoms with Crippen molar-refractivity contribution in [2.45, 2.75) is 19.8 Å². The molecule has 0 heterocycles. The topological polar surface area (TPSA) is 20.2 Å². The summed E-state index contributed by atoms with van der Waals surface area (Å²) in [6.45, 7) is 4.21. The second kappa shape index (κ2) is 4.38. The molecule has 13 heavy (non-hydrogen) atoms. The molecule has 0 radical (unpaired) electrons. The van der Waals surface area contributed by atoms with Gasteiger partial charge in [-0.15, -0.1) is 0 Å². The SMILES string of the molecule is CC(C)[C@@H](CO)c1ccc(F)cc1. The number of benzene rings is 1. The molecule has 0 unspecified atom stereocenters. The number of hydrogen-bond acceptors (Lipinski definition) is 1. The van der Waals surface area contributed by atoms with Gasteiger partial charge in [0.2, 0.25) is 0 Å². The van der Waals surface area contributed by atoms with Crippen molar-refractivity contribution >= 4 is 0 Å². The highest BCUT2D eigenvalue weighted by atomic mass is 19.1. The number of rotatable bonds is 3. The lowest BCUT2D eigenvalue weighted by Gasteiger charge is -2.18. The van der Waals surface area contributed by atoms with Gasteiger partial charge in [0.1, 0.15) is 5.82 Å². The van der Waals surface area contributed by atoms with Gasteiger partial charge < -0.3 is 5.11 Å². The molecule has 0 amide bonds. The lowest BCUT2D eigenvalue weighted by Crippen LogP contribution is -2.10. The quantitative estimate of drug-likeness (QED) is 0.761. The van der Waals surface area contributed by atoms with Gasteiger partial charge in [0.25, 0.3) is 0 Å². The van der Waals surface area contributed by atoms with Crippen LogP contribution in [-0.2, 0) is 0 Å². The number of aliphatic hydroxyl groups excluding tert-OH is 1. The first kappa shape index (κ1) is 10.2. The van der Waals surface area contributed by atoms with Crippen LogP contribution < -0.4 is 0 Å². The summed E-state index contributed by atoms with van der Waals surface area (Å²) in [5.41, 5.74) is 0.999. The van der Waals surface area contributed by atoms with Crippen molar-refractivity contribution in [1.29, 1.82) is 0 Å². The van der Waals surface area contributed by atoms with Crippen LogP contribution in [0.25, 0.3) is 0 Å². The molecule has 0 aliphatic rings. The maximum absolute atomic E-state index is 12.6. The molecule has 0 fully saturated rings. The molecule has 1 aromatic carbocycles. The van der Waals surface area contributed by atoms with Crippen LogP contribution in [0.3, 0.4) is 0 Å². The van der Waals surface area contributed by atoms with Gasteiger partial charge in [0.15, 0.2) is 0 Å². The third-order valence-corrected chi connectivity index (χ3v) is 2.30. The maximum Gasteiger partial charge on any atom is 0.123 e. The van der Waals surface area contributed by atoms with Crippen LogP contribution in [-0.4, -0.2) is 11.7 Å². The maximum atomic E-state index is 12.6. The van der Waals surface area contributed by atoms with Gasteiger partial charge in [0, 0.05) is 5.92 Å². The minimum Gasteiger partial charge on any atom is -0.396 e. The molecule has 0 aliphatic carbocycles. The largest absolute Gasteiger partial charge is 0.396 e. The normalized spacial score (nSPS) is 13.3. The highest BCUT2D eigenvalue weighted by Crippen LogP contribution is 2.23. The average Bonchev–Trinajstić information content (AvgIpc) is 2.09. The highest BCUT2D eigenvalue weighted by Gasteiger charge is 2.13. The van der Waals surface area contributed by atoms with E-state index in [0.717, 1.165) is 5.56 Å². The third kappa shape index (κ3) is 2.52. The van der Waals surface area contributed by atoms with E-state index >= 15 is 0 Å². The van der Waals surface area contributed by atoms with Gasteiger partial charge in [-0.2, -0.15) is 0 Å². The summed E-state index contributed by atoms with van der Waals surface area (Å²) >= 11 is 0. The molecule has 0 saturated heterocycles. The van der Waals surface area contributed by atoms with E-state index in [1.807, 2.05) is 13.8 Å². The Morgan fingerprint density at radius 2 is 1.77 bits per heavy atom. The lowest BCUT2D eigenvalue weighted by atomic mass is 9.89. The standard InChI is InChI=1S/C11H15FO/c1-8(2)11(7-13)9-3-5-10(12)6-4-9/h3-6,8,11,13H,7H2,1-2H3/t11-/m1/s1. The second-order valence-corrected chi connectivity index (χ2v) is 3.58. The van der Waals surface area contributed by atoms with Crippen LogP contribution in [0.1, 0.15) is 25.3 Å². The Morgan fingerprint density at radius 3 is 2.15 bits per heavy atom. The molecule has 0 spiro atoms. The molecular formula is C11H15FO. The van der Waals surface area contributed by atoms with Crippen LogP contribution in [0.4, 0.5) is 4.39 Å². The monoisotopic (exact) mass is 182 g/mol. The first-order chi connectivity index (χ1) is 6.15. The molecule has 1 nitrogen and oxygen atoms in total. The fraction of sp³-hybridized carbons (Fsp3) is 0.455. The van der Waals surface area contributed by atoms with Crippen LogP contribution in [0, 0.1) is 11.7 Å². The Labute approximate surface area is 78.2 Å². The van der Waals surface area contributed by atoms with Gasteiger partial charge >= 0.3 is 0 Å². The number of halogens is 1. The number of hydrogen-bond donors (Lipinski definition) is 1. The molecule has 0 aromatic heterocycles. The van der Waals surface area contributed by atoms with Crippen LogP contribution >= 0.6 is 0 Å². The zero-order valence-electron chi connectivity index (χ0n) is 8.00. The zero-order chi connectivity index (χ0) is 9.84. The van der Waals surface area contributed by atoms with Crippen LogP contribution in [0.15, 0.2) is 24.3 Å². The minimum atomic E-state index is -0.232. The Morgan fingerprint density at radius 1 is 1.23 bits per heavy atom. The lowest BCUT2D eigenvalue weighted by molar-refractivity contribution is 0.237. The second-order valence-electron chi connectivity index (χ2n) is 3.58. The van der Waals surface area contributed by atoms with Crippen molar-refractivity contribution in [1.82, 2.24) is 0 Å². The van der Waals surface area contributed by atoms with Gasteiger partial charge in [-0.25, -0.2) is 4.39 Å². The van der Waals surface area contributed by atoms with Crippen LogP contribution in [0.2, 0.25) is 0 Å². The molecule has 0 saturated carbocycles. The molecule has 1 rings (SSSR count). The molecule has 0 bridgehead atoms. The third-order valence-electron chi connectivity index (χ3n) is 2.30. The minimum absolute atomic E-state index is 0.112. The first-order valence-electron chi connectivity index (χ1n) is 4.51. The van der Waals surface area contributed by atoms with Gasteiger partial charge in [-0.05, 0) is 23.6 Å². The molecular weight excluding hydrogens is 167 g/mol. The summed E-state index contributed by atoms with van der Waals surface area (Å²) in [7, 11) is 0. The van der Waals surface area contributed by atoms with E-state index < -0.39 is 0 Å². The fourth-order valence-electron chi connectivity index (χ4n) is 1.41. The zero-order valence-corrected chi connectivity index (χ0v) is 8.00. The molecule has 1 atom stereocenters. The Balaban J connectivity index is 2.86. The van der Waals surface area contributed by atoms with Crippen molar-refractivity contribution < 1.29 is 9.50 Å². The highest BCUT2D eigenvalue weighted by molar-refractivity contribution is 5.20. The van der Waals surface area contributed by atoms with Gasteiger partial charge in [0.05, 0.1) is 6.61 Å². The summed E-state index contributed by atoms with van der Waals surface area (Å²) in [5.74, 6) is 0.250. The van der Waals surface area contributed by atoms with E-state index in [1.54, 1.807) is 12.1 Å². The predicted molar refractivity (Wildman–Crippen MR) is 51.1 cm³/mol. The molecule has 1 aromatic rings. The van der Waals surface area contributed by atoms with Gasteiger partial charge in [-0.3, -0.25) is 0 Å². The van der Waals surface area contributed by atoms with E-state index in [2.05, 4.69) is 0 Å². The summed E-state index contributed by atoms with van der Waals surface area (Å²) < 4.78 is 12.6. The van der Waals surface area contributed by atoms with E-state index in [0.29, 0.717) is 5.92 Å². The summed E-state index contributed by atoms with van der Waals surface area (Å²) in [6.07, 6.45) is 0. The van der Waals surface area contributed by atoms with Crippen molar-refractivity contribution in [3.05, 3.63) is 35.6 Å². The Bertz CT molecular complexity index is 253. The van der Waals surface area contributed by atoms with E-state index in [-0.39, 0.29) is 18.3 Å². The van der Waals surface area contributed by atoms with Crippen molar-refractivity contribution in [2.24, 2.45) is 5.92 Å². The van der Waals surface area contributed by atoms with Crippen molar-refractivity contribution in [2.75, 3.05) is 6.61 Å². The summed E-state index contributed by atoms with van der Waals surface area (Å²) in [5, 5.41) is 9.13. The van der Waals surface area contributed by atoms with Crippen molar-refractivity contribution in [3.63, 3.8) is 0 Å². The van der Waals surface area contributed by atoms with Gasteiger partial charge in [-0.1, -0.05) is 26.0 Å². The number of aliphatic hydroxyl groups is 1. The predicted octanol–water partition coefficient (Wildman–Crippen LogP) is 2.56. The molecule has 0 aliphatic heterocycles. The smallest absolute Gasteiger partial charge is 0.123 e. The Kier molecular flexibility index (Phi) is 3.43. The molecule has 1 N–H and O–H groups in total. The summed E-state index contributed by atoms with van der Waals surface area (Å²) in [6, 6.07) is 6.33. The first-order valence-corrected chi connectivity index (χ1v) is 4.51. The van der Waals surface area contributed by atoms with Crippen LogP contribution in [0.5, 0.6) is 0 Å². The molecule has 2 heteroatoms. The fourth-order valence-corrected chi connectivity index (χ4v) is 1.41. The Hall–Kier alpha value is -0.890. The van der Waals surface area contributed by atoms with E-state index in [9.17, 15) is 4.39 Å². The average molecular weight is 182 g/mol. The van der Waals surface area contributed by atoms with Crippen molar-refractivity contribution in [3.8, 4) is 0 Å².